The maximum atomic E-state index is 5.87. The van der Waals surface area contributed by atoms with Gasteiger partial charge in [0.1, 0.15) is 17.5 Å². The summed E-state index contributed by atoms with van der Waals surface area (Å²) in [6, 6.07) is 17.5. The standard InChI is InChI=1S/C22H23ClN2O3/c1-26-19-6-4-3-5-18(19)14-24-12-16-7-9-20(21(11-16)27-2)28-15-17-8-10-22(23)25-13-17/h3-11,13,24H,12,14-15H2,1-2H3. The van der Waals surface area contributed by atoms with Gasteiger partial charge in [-0.05, 0) is 29.8 Å². The lowest BCUT2D eigenvalue weighted by Gasteiger charge is -2.13. The van der Waals surface area contributed by atoms with Crippen LogP contribution in [-0.2, 0) is 19.7 Å². The number of hydrogen-bond donors (Lipinski definition) is 1. The van der Waals surface area contributed by atoms with Gasteiger partial charge in [-0.15, -0.1) is 0 Å². The number of hydrogen-bond acceptors (Lipinski definition) is 5. The first-order valence-corrected chi connectivity index (χ1v) is 9.30. The molecule has 0 atom stereocenters. The van der Waals surface area contributed by atoms with Crippen LogP contribution in [0.4, 0.5) is 0 Å². The molecule has 0 saturated heterocycles. The minimum absolute atomic E-state index is 0.395. The highest BCUT2D eigenvalue weighted by molar-refractivity contribution is 6.29. The van der Waals surface area contributed by atoms with E-state index in [1.165, 1.54) is 0 Å². The summed E-state index contributed by atoms with van der Waals surface area (Å²) in [6.45, 7) is 1.82. The quantitative estimate of drug-likeness (QED) is 0.533. The number of ether oxygens (including phenoxy) is 3. The summed E-state index contributed by atoms with van der Waals surface area (Å²) in [6.07, 6.45) is 1.70. The van der Waals surface area contributed by atoms with Crippen LogP contribution in [0.15, 0.2) is 60.8 Å². The van der Waals surface area contributed by atoms with Gasteiger partial charge in [0, 0.05) is 30.4 Å². The molecule has 28 heavy (non-hydrogen) atoms. The average Bonchev–Trinajstić information content (AvgIpc) is 2.74. The Morgan fingerprint density at radius 2 is 1.64 bits per heavy atom. The monoisotopic (exact) mass is 398 g/mol. The van der Waals surface area contributed by atoms with Gasteiger partial charge < -0.3 is 19.5 Å². The second-order valence-corrected chi connectivity index (χ2v) is 6.57. The summed E-state index contributed by atoms with van der Waals surface area (Å²) in [5.41, 5.74) is 3.16. The molecule has 1 aromatic heterocycles. The molecule has 0 unspecified atom stereocenters. The van der Waals surface area contributed by atoms with Gasteiger partial charge in [-0.25, -0.2) is 4.98 Å². The van der Waals surface area contributed by atoms with Crippen LogP contribution < -0.4 is 19.5 Å². The number of rotatable bonds is 9. The summed E-state index contributed by atoms with van der Waals surface area (Å²) in [7, 11) is 3.32. The first kappa shape index (κ1) is 20.0. The van der Waals surface area contributed by atoms with Crippen LogP contribution in [0.3, 0.4) is 0 Å². The van der Waals surface area contributed by atoms with E-state index in [1.807, 2.05) is 42.5 Å². The van der Waals surface area contributed by atoms with Crippen molar-refractivity contribution in [3.05, 3.63) is 82.6 Å². The first-order chi connectivity index (χ1) is 13.7. The molecule has 2 aromatic carbocycles. The van der Waals surface area contributed by atoms with Crippen LogP contribution in [0.1, 0.15) is 16.7 Å². The van der Waals surface area contributed by atoms with E-state index in [-0.39, 0.29) is 0 Å². The maximum absolute atomic E-state index is 5.87. The Bertz CT molecular complexity index is 901. The molecule has 0 aliphatic heterocycles. The van der Waals surface area contributed by atoms with Crippen molar-refractivity contribution in [3.8, 4) is 17.2 Å². The number of halogens is 1. The molecule has 146 valence electrons. The van der Waals surface area contributed by atoms with Crippen molar-refractivity contribution in [1.82, 2.24) is 10.3 Å². The third-order valence-corrected chi connectivity index (χ3v) is 4.47. The minimum Gasteiger partial charge on any atom is -0.496 e. The third kappa shape index (κ3) is 5.38. The van der Waals surface area contributed by atoms with Crippen molar-refractivity contribution in [2.24, 2.45) is 0 Å². The van der Waals surface area contributed by atoms with Gasteiger partial charge in [-0.3, -0.25) is 0 Å². The van der Waals surface area contributed by atoms with E-state index < -0.39 is 0 Å². The van der Waals surface area contributed by atoms with E-state index in [1.54, 1.807) is 26.5 Å². The molecule has 0 radical (unpaired) electrons. The zero-order chi connectivity index (χ0) is 19.8. The van der Waals surface area contributed by atoms with E-state index >= 15 is 0 Å². The topological polar surface area (TPSA) is 52.6 Å². The zero-order valence-electron chi connectivity index (χ0n) is 15.9. The molecule has 0 aliphatic rings. The highest BCUT2D eigenvalue weighted by Crippen LogP contribution is 2.29. The number of pyridine rings is 1. The van der Waals surface area contributed by atoms with E-state index in [0.29, 0.717) is 36.3 Å². The second kappa shape index (κ2) is 9.97. The number of para-hydroxylation sites is 1. The van der Waals surface area contributed by atoms with Crippen molar-refractivity contribution >= 4 is 11.6 Å². The minimum atomic E-state index is 0.395. The van der Waals surface area contributed by atoms with Gasteiger partial charge in [0.25, 0.3) is 0 Å². The fourth-order valence-electron chi connectivity index (χ4n) is 2.78. The Labute approximate surface area is 170 Å². The van der Waals surface area contributed by atoms with Gasteiger partial charge in [0.05, 0.1) is 14.2 Å². The molecule has 0 fully saturated rings. The molecule has 1 N–H and O–H groups in total. The smallest absolute Gasteiger partial charge is 0.161 e. The van der Waals surface area contributed by atoms with Crippen molar-refractivity contribution in [2.75, 3.05) is 14.2 Å². The summed E-state index contributed by atoms with van der Waals surface area (Å²) in [5, 5.41) is 3.89. The largest absolute Gasteiger partial charge is 0.496 e. The lowest BCUT2D eigenvalue weighted by Crippen LogP contribution is -2.13. The van der Waals surface area contributed by atoms with Crippen molar-refractivity contribution < 1.29 is 14.2 Å². The van der Waals surface area contributed by atoms with Crippen LogP contribution in [-0.4, -0.2) is 19.2 Å². The summed E-state index contributed by atoms with van der Waals surface area (Å²) >= 11 is 5.81. The zero-order valence-corrected chi connectivity index (χ0v) is 16.7. The Hall–Kier alpha value is -2.76. The predicted octanol–water partition coefficient (Wildman–Crippen LogP) is 4.62. The van der Waals surface area contributed by atoms with E-state index in [2.05, 4.69) is 16.4 Å². The average molecular weight is 399 g/mol. The molecule has 0 saturated carbocycles. The Morgan fingerprint density at radius 3 is 2.39 bits per heavy atom. The maximum Gasteiger partial charge on any atom is 0.161 e. The predicted molar refractivity (Wildman–Crippen MR) is 110 cm³/mol. The highest BCUT2D eigenvalue weighted by atomic mass is 35.5. The van der Waals surface area contributed by atoms with Crippen LogP contribution in [0, 0.1) is 0 Å². The summed E-state index contributed by atoms with van der Waals surface area (Å²) in [4.78, 5) is 4.06. The molecule has 6 heteroatoms. The normalized spacial score (nSPS) is 10.5. The Balaban J connectivity index is 1.58. The molecule has 3 aromatic rings. The van der Waals surface area contributed by atoms with Gasteiger partial charge in [0.2, 0.25) is 0 Å². The van der Waals surface area contributed by atoms with Crippen molar-refractivity contribution in [1.29, 1.82) is 0 Å². The fraction of sp³-hybridized carbons (Fsp3) is 0.227. The lowest BCUT2D eigenvalue weighted by molar-refractivity contribution is 0.284. The van der Waals surface area contributed by atoms with Crippen LogP contribution in [0.5, 0.6) is 17.2 Å². The SMILES string of the molecule is COc1ccccc1CNCc1ccc(OCc2ccc(Cl)nc2)c(OC)c1. The van der Waals surface area contributed by atoms with Crippen molar-refractivity contribution in [2.45, 2.75) is 19.7 Å². The molecular weight excluding hydrogens is 376 g/mol. The Kier molecular flexibility index (Phi) is 7.12. The highest BCUT2D eigenvalue weighted by Gasteiger charge is 2.07. The molecule has 5 nitrogen and oxygen atoms in total. The van der Waals surface area contributed by atoms with E-state index in [9.17, 15) is 0 Å². The number of methoxy groups -OCH3 is 2. The first-order valence-electron chi connectivity index (χ1n) is 8.92. The Morgan fingerprint density at radius 1 is 0.857 bits per heavy atom. The summed E-state index contributed by atoms with van der Waals surface area (Å²) < 4.78 is 16.7. The fourth-order valence-corrected chi connectivity index (χ4v) is 2.90. The second-order valence-electron chi connectivity index (χ2n) is 6.18. The van der Waals surface area contributed by atoms with Gasteiger partial charge in [-0.2, -0.15) is 0 Å². The van der Waals surface area contributed by atoms with E-state index in [4.69, 9.17) is 25.8 Å². The van der Waals surface area contributed by atoms with Gasteiger partial charge in [-0.1, -0.05) is 41.9 Å². The molecule has 1 heterocycles. The summed E-state index contributed by atoms with van der Waals surface area (Å²) in [5.74, 6) is 2.26. The van der Waals surface area contributed by atoms with Crippen LogP contribution in [0.25, 0.3) is 0 Å². The van der Waals surface area contributed by atoms with E-state index in [0.717, 1.165) is 22.4 Å². The number of benzene rings is 2. The lowest BCUT2D eigenvalue weighted by atomic mass is 10.1. The van der Waals surface area contributed by atoms with Crippen LogP contribution in [0.2, 0.25) is 5.15 Å². The number of aromatic nitrogens is 1. The number of nitrogens with zero attached hydrogens (tertiary/aromatic N) is 1. The molecular formula is C22H23ClN2O3. The van der Waals surface area contributed by atoms with Gasteiger partial charge >= 0.3 is 0 Å². The molecule has 3 rings (SSSR count). The van der Waals surface area contributed by atoms with Crippen LogP contribution >= 0.6 is 11.6 Å². The molecule has 0 aliphatic carbocycles. The van der Waals surface area contributed by atoms with Crippen molar-refractivity contribution in [3.63, 3.8) is 0 Å². The molecule has 0 spiro atoms. The van der Waals surface area contributed by atoms with Gasteiger partial charge in [0.15, 0.2) is 11.5 Å². The molecule has 0 bridgehead atoms. The third-order valence-electron chi connectivity index (χ3n) is 4.25. The molecule has 0 amide bonds. The number of nitrogens with one attached hydrogen (secondary N) is 1.